The molecular formula is C16H18F2N2OS. The summed E-state index contributed by atoms with van der Waals surface area (Å²) in [6.45, 7) is -0.0713. The number of hydrogen-bond donors (Lipinski definition) is 1. The first-order valence-corrected chi connectivity index (χ1v) is 8.42. The lowest BCUT2D eigenvalue weighted by Gasteiger charge is -2.17. The summed E-state index contributed by atoms with van der Waals surface area (Å²) < 4.78 is 29.4. The van der Waals surface area contributed by atoms with Crippen LogP contribution in [-0.4, -0.2) is 14.7 Å². The maximum Gasteiger partial charge on any atom is 0.168 e. The molecule has 1 aliphatic carbocycles. The van der Waals surface area contributed by atoms with Gasteiger partial charge in [-0.3, -0.25) is 0 Å². The van der Waals surface area contributed by atoms with Gasteiger partial charge in [0.25, 0.3) is 0 Å². The maximum absolute atomic E-state index is 13.7. The number of halogens is 2. The fraction of sp³-hybridized carbons (Fsp3) is 0.438. The number of benzene rings is 1. The van der Waals surface area contributed by atoms with Crippen molar-refractivity contribution in [3.63, 3.8) is 0 Å². The molecule has 1 fully saturated rings. The van der Waals surface area contributed by atoms with Gasteiger partial charge in [0.15, 0.2) is 5.16 Å². The topological polar surface area (TPSA) is 38.1 Å². The van der Waals surface area contributed by atoms with Crippen LogP contribution in [0.5, 0.6) is 0 Å². The van der Waals surface area contributed by atoms with Crippen LogP contribution in [0.25, 0.3) is 0 Å². The van der Waals surface area contributed by atoms with Gasteiger partial charge in [0.05, 0.1) is 18.5 Å². The first-order chi connectivity index (χ1) is 10.7. The highest BCUT2D eigenvalue weighted by Crippen LogP contribution is 2.35. The quantitative estimate of drug-likeness (QED) is 0.843. The summed E-state index contributed by atoms with van der Waals surface area (Å²) in [4.78, 5) is 4.33. The van der Waals surface area contributed by atoms with Gasteiger partial charge in [-0.05, 0) is 25.0 Å². The summed E-state index contributed by atoms with van der Waals surface area (Å²) >= 11 is 1.31. The first-order valence-electron chi connectivity index (χ1n) is 7.43. The summed E-state index contributed by atoms with van der Waals surface area (Å²) in [6.07, 6.45) is 6.11. The maximum atomic E-state index is 13.7. The van der Waals surface area contributed by atoms with Gasteiger partial charge in [-0.25, -0.2) is 13.8 Å². The van der Waals surface area contributed by atoms with Gasteiger partial charge in [0, 0.05) is 17.4 Å². The Labute approximate surface area is 132 Å². The smallest absolute Gasteiger partial charge is 0.168 e. The highest BCUT2D eigenvalue weighted by Gasteiger charge is 2.23. The Morgan fingerprint density at radius 2 is 1.91 bits per heavy atom. The lowest BCUT2D eigenvalue weighted by Crippen LogP contribution is -2.10. The SMILES string of the molecule is OCc1cnc(SCc2c(F)cccc2F)n1C1CCCC1. The standard InChI is InChI=1S/C16H18F2N2OS/c17-14-6-3-7-15(18)13(14)10-22-16-19-8-12(9-21)20(16)11-4-1-2-5-11/h3,6-8,11,21H,1-2,4-5,9-10H2. The van der Waals surface area contributed by atoms with Crippen molar-refractivity contribution in [2.75, 3.05) is 0 Å². The molecule has 0 amide bonds. The highest BCUT2D eigenvalue weighted by molar-refractivity contribution is 7.98. The number of rotatable bonds is 5. The Morgan fingerprint density at radius 1 is 1.23 bits per heavy atom. The first kappa shape index (κ1) is 15.5. The molecule has 3 rings (SSSR count). The number of aromatic nitrogens is 2. The van der Waals surface area contributed by atoms with Gasteiger partial charge >= 0.3 is 0 Å². The summed E-state index contributed by atoms with van der Waals surface area (Å²) in [5.41, 5.74) is 0.836. The molecule has 1 aromatic heterocycles. The Bertz CT molecular complexity index is 633. The lowest BCUT2D eigenvalue weighted by molar-refractivity contribution is 0.263. The van der Waals surface area contributed by atoms with E-state index < -0.39 is 11.6 Å². The number of hydrogen-bond acceptors (Lipinski definition) is 3. The van der Waals surface area contributed by atoms with E-state index in [-0.39, 0.29) is 17.9 Å². The Morgan fingerprint density at radius 3 is 2.55 bits per heavy atom. The molecule has 1 aromatic carbocycles. The summed E-state index contributed by atoms with van der Waals surface area (Å²) in [5, 5.41) is 10.2. The van der Waals surface area contributed by atoms with E-state index in [4.69, 9.17) is 0 Å². The van der Waals surface area contributed by atoms with Crippen LogP contribution in [-0.2, 0) is 12.4 Å². The number of thioether (sulfide) groups is 1. The average Bonchev–Trinajstić information content (AvgIpc) is 3.15. The van der Waals surface area contributed by atoms with E-state index >= 15 is 0 Å². The summed E-state index contributed by atoms with van der Waals surface area (Å²) in [7, 11) is 0. The van der Waals surface area contributed by atoms with Gasteiger partial charge in [-0.2, -0.15) is 0 Å². The Hall–Kier alpha value is -1.40. The molecule has 2 aromatic rings. The number of aliphatic hydroxyl groups excluding tert-OH is 1. The normalized spacial score (nSPS) is 15.6. The fourth-order valence-electron chi connectivity index (χ4n) is 2.96. The Kier molecular flexibility index (Phi) is 4.78. The van der Waals surface area contributed by atoms with Crippen molar-refractivity contribution in [2.24, 2.45) is 0 Å². The molecule has 0 unspecified atom stereocenters. The third-order valence-corrected chi connectivity index (χ3v) is 5.09. The van der Waals surface area contributed by atoms with Crippen molar-refractivity contribution in [3.8, 4) is 0 Å². The van der Waals surface area contributed by atoms with E-state index in [0.717, 1.165) is 23.7 Å². The molecule has 0 aliphatic heterocycles. The number of imidazole rings is 1. The molecule has 118 valence electrons. The van der Waals surface area contributed by atoms with Crippen LogP contribution in [0.1, 0.15) is 43.0 Å². The van der Waals surface area contributed by atoms with E-state index in [1.165, 1.54) is 42.8 Å². The molecule has 0 bridgehead atoms. The van der Waals surface area contributed by atoms with E-state index in [0.29, 0.717) is 6.04 Å². The molecule has 1 N–H and O–H groups in total. The minimum Gasteiger partial charge on any atom is -0.390 e. The molecule has 1 heterocycles. The monoisotopic (exact) mass is 324 g/mol. The van der Waals surface area contributed by atoms with Crippen LogP contribution in [0.3, 0.4) is 0 Å². The average molecular weight is 324 g/mol. The molecule has 0 radical (unpaired) electrons. The molecule has 3 nitrogen and oxygen atoms in total. The third kappa shape index (κ3) is 3.03. The van der Waals surface area contributed by atoms with Crippen molar-refractivity contribution < 1.29 is 13.9 Å². The van der Waals surface area contributed by atoms with E-state index in [1.54, 1.807) is 6.20 Å². The van der Waals surface area contributed by atoms with Gasteiger partial charge in [-0.1, -0.05) is 30.7 Å². The van der Waals surface area contributed by atoms with Crippen LogP contribution in [0.2, 0.25) is 0 Å². The van der Waals surface area contributed by atoms with Gasteiger partial charge in [0.2, 0.25) is 0 Å². The third-order valence-electron chi connectivity index (χ3n) is 4.10. The van der Waals surface area contributed by atoms with Gasteiger partial charge < -0.3 is 9.67 Å². The molecule has 6 heteroatoms. The molecule has 0 spiro atoms. The van der Waals surface area contributed by atoms with Crippen LogP contribution in [0.15, 0.2) is 29.6 Å². The fourth-order valence-corrected chi connectivity index (χ4v) is 4.04. The molecule has 22 heavy (non-hydrogen) atoms. The van der Waals surface area contributed by atoms with Crippen LogP contribution in [0, 0.1) is 11.6 Å². The zero-order valence-corrected chi connectivity index (χ0v) is 13.0. The molecule has 0 saturated heterocycles. The molecule has 0 atom stereocenters. The van der Waals surface area contributed by atoms with Crippen molar-refractivity contribution in [1.29, 1.82) is 0 Å². The minimum absolute atomic E-state index is 0.0685. The van der Waals surface area contributed by atoms with E-state index in [9.17, 15) is 13.9 Å². The number of nitrogens with zero attached hydrogens (tertiary/aromatic N) is 2. The predicted molar refractivity (Wildman–Crippen MR) is 81.6 cm³/mol. The predicted octanol–water partition coefficient (Wildman–Crippen LogP) is 4.06. The lowest BCUT2D eigenvalue weighted by atomic mass is 10.2. The highest BCUT2D eigenvalue weighted by atomic mass is 32.2. The van der Waals surface area contributed by atoms with Crippen molar-refractivity contribution >= 4 is 11.8 Å². The zero-order valence-electron chi connectivity index (χ0n) is 12.1. The molecular weight excluding hydrogens is 306 g/mol. The van der Waals surface area contributed by atoms with Gasteiger partial charge in [-0.15, -0.1) is 0 Å². The van der Waals surface area contributed by atoms with Crippen molar-refractivity contribution in [1.82, 2.24) is 9.55 Å². The molecule has 1 aliphatic rings. The summed E-state index contributed by atoms with van der Waals surface area (Å²) in [6, 6.07) is 4.23. The Balaban J connectivity index is 1.82. The second-order valence-corrected chi connectivity index (χ2v) is 6.43. The van der Waals surface area contributed by atoms with Crippen molar-refractivity contribution in [2.45, 2.75) is 49.2 Å². The summed E-state index contributed by atoms with van der Waals surface area (Å²) in [5.74, 6) is -0.879. The van der Waals surface area contributed by atoms with E-state index in [2.05, 4.69) is 4.98 Å². The van der Waals surface area contributed by atoms with Crippen molar-refractivity contribution in [3.05, 3.63) is 47.3 Å². The zero-order chi connectivity index (χ0) is 15.5. The molecule has 1 saturated carbocycles. The van der Waals surface area contributed by atoms with Crippen LogP contribution >= 0.6 is 11.8 Å². The number of aliphatic hydroxyl groups is 1. The van der Waals surface area contributed by atoms with Gasteiger partial charge in [0.1, 0.15) is 11.6 Å². The minimum atomic E-state index is -0.533. The van der Waals surface area contributed by atoms with Crippen LogP contribution in [0.4, 0.5) is 8.78 Å². The second-order valence-electron chi connectivity index (χ2n) is 5.49. The van der Waals surface area contributed by atoms with E-state index in [1.807, 2.05) is 4.57 Å². The van der Waals surface area contributed by atoms with Crippen LogP contribution < -0.4 is 0 Å². The second kappa shape index (κ2) is 6.79. The largest absolute Gasteiger partial charge is 0.390 e.